The molecule has 0 spiro atoms. The monoisotopic (exact) mass is 385 g/mol. The fourth-order valence-corrected chi connectivity index (χ4v) is 2.75. The van der Waals surface area contributed by atoms with Gasteiger partial charge in [0, 0.05) is 22.9 Å². The number of pyridine rings is 1. The van der Waals surface area contributed by atoms with Crippen LogP contribution in [0.4, 0.5) is 13.2 Å². The van der Waals surface area contributed by atoms with Crippen molar-refractivity contribution in [3.63, 3.8) is 0 Å². The minimum atomic E-state index is -6.09. The second-order valence-corrected chi connectivity index (χ2v) is 7.50. The smallest absolute Gasteiger partial charge is 0.485 e. The molecule has 0 atom stereocenters. The minimum absolute atomic E-state index is 1.31. The molecule has 1 aromatic heterocycles. The maximum Gasteiger partial charge on any atom is 0.485 e. The van der Waals surface area contributed by atoms with E-state index in [2.05, 4.69) is 68.8 Å². The number of aryl methyl sites for hydroxylation is 4. The summed E-state index contributed by atoms with van der Waals surface area (Å²) in [5.41, 5.74) is 0.968. The predicted octanol–water partition coefficient (Wildman–Crippen LogP) is 3.79. The zero-order valence-electron chi connectivity index (χ0n) is 14.7. The number of rotatable bonds is 0. The summed E-state index contributed by atoms with van der Waals surface area (Å²) < 4.78 is 61.2. The van der Waals surface area contributed by atoms with Gasteiger partial charge < -0.3 is 4.55 Å². The van der Waals surface area contributed by atoms with Crippen molar-refractivity contribution in [2.45, 2.75) is 26.3 Å². The molecule has 1 heterocycles. The second kappa shape index (κ2) is 6.85. The largest absolute Gasteiger partial charge is 0.741 e. The van der Waals surface area contributed by atoms with Crippen LogP contribution >= 0.6 is 0 Å². The first-order valence-electron chi connectivity index (χ1n) is 7.64. The molecule has 0 aliphatic heterocycles. The molecule has 3 aromatic rings. The Labute approximate surface area is 149 Å². The van der Waals surface area contributed by atoms with Gasteiger partial charge in [0.05, 0.1) is 0 Å². The number of alkyl halides is 3. The molecular formula is C18H18F3NO3S. The number of benzene rings is 2. The zero-order chi connectivity index (χ0) is 19.9. The van der Waals surface area contributed by atoms with Gasteiger partial charge in [0.2, 0.25) is 11.0 Å². The molecule has 2 aromatic carbocycles. The van der Waals surface area contributed by atoms with E-state index in [-0.39, 0.29) is 0 Å². The molecule has 140 valence electrons. The summed E-state index contributed by atoms with van der Waals surface area (Å²) in [6.07, 6.45) is 0. The van der Waals surface area contributed by atoms with Crippen molar-refractivity contribution >= 4 is 31.9 Å². The third-order valence-electron chi connectivity index (χ3n) is 4.12. The van der Waals surface area contributed by atoms with Gasteiger partial charge in [-0.2, -0.15) is 17.7 Å². The standard InChI is InChI=1S/C17H18N.CHF3O3S/c1-11-5-7-14-13(3)15-8-6-12(2)10-17(15)18(4)16(14)9-11;2-1(3,4)8(5,6)7/h5-10H,1-4H3;(H,5,6,7)/q+1;/p-1. The number of halogens is 3. The summed E-state index contributed by atoms with van der Waals surface area (Å²) in [5, 5.41) is 2.69. The highest BCUT2D eigenvalue weighted by molar-refractivity contribution is 7.86. The van der Waals surface area contributed by atoms with E-state index in [0.717, 1.165) is 0 Å². The highest BCUT2D eigenvalue weighted by Crippen LogP contribution is 2.25. The second-order valence-electron chi connectivity index (χ2n) is 6.13. The summed E-state index contributed by atoms with van der Waals surface area (Å²) in [7, 11) is -3.93. The maximum absolute atomic E-state index is 10.7. The molecular weight excluding hydrogens is 367 g/mol. The number of aromatic nitrogens is 1. The molecule has 0 amide bonds. The lowest BCUT2D eigenvalue weighted by atomic mass is 10.0. The lowest BCUT2D eigenvalue weighted by Crippen LogP contribution is -2.30. The normalized spacial score (nSPS) is 12.2. The third-order valence-corrected chi connectivity index (χ3v) is 4.69. The topological polar surface area (TPSA) is 61.1 Å². The van der Waals surface area contributed by atoms with Crippen molar-refractivity contribution in [3.05, 3.63) is 53.1 Å². The summed E-state index contributed by atoms with van der Waals surface area (Å²) in [4.78, 5) is 0. The molecule has 0 N–H and O–H groups in total. The van der Waals surface area contributed by atoms with Crippen LogP contribution < -0.4 is 4.57 Å². The van der Waals surface area contributed by atoms with Crippen molar-refractivity contribution in [1.29, 1.82) is 0 Å². The molecule has 3 rings (SSSR count). The van der Waals surface area contributed by atoms with E-state index in [1.54, 1.807) is 0 Å². The Balaban J connectivity index is 0.000000260. The Morgan fingerprint density at radius 2 is 1.23 bits per heavy atom. The van der Waals surface area contributed by atoms with Crippen LogP contribution in [0.1, 0.15) is 16.7 Å². The van der Waals surface area contributed by atoms with Crippen LogP contribution in [0.25, 0.3) is 21.8 Å². The highest BCUT2D eigenvalue weighted by atomic mass is 32.2. The molecule has 4 nitrogen and oxygen atoms in total. The van der Waals surface area contributed by atoms with Crippen LogP contribution in [0, 0.1) is 20.8 Å². The fourth-order valence-electron chi connectivity index (χ4n) is 2.75. The van der Waals surface area contributed by atoms with Crippen molar-refractivity contribution in [1.82, 2.24) is 0 Å². The fraction of sp³-hybridized carbons (Fsp3) is 0.278. The van der Waals surface area contributed by atoms with Crippen LogP contribution in [-0.4, -0.2) is 18.5 Å². The predicted molar refractivity (Wildman–Crippen MR) is 92.6 cm³/mol. The number of fused-ring (bicyclic) bond motifs is 2. The van der Waals surface area contributed by atoms with E-state index in [1.165, 1.54) is 38.5 Å². The zero-order valence-corrected chi connectivity index (χ0v) is 15.5. The van der Waals surface area contributed by atoms with Gasteiger partial charge in [-0.1, -0.05) is 12.1 Å². The van der Waals surface area contributed by atoms with Gasteiger partial charge in [-0.05, 0) is 49.6 Å². The molecule has 0 aliphatic rings. The van der Waals surface area contributed by atoms with E-state index >= 15 is 0 Å². The molecule has 0 saturated carbocycles. The van der Waals surface area contributed by atoms with E-state index in [4.69, 9.17) is 13.0 Å². The van der Waals surface area contributed by atoms with E-state index < -0.39 is 15.6 Å². The van der Waals surface area contributed by atoms with Crippen molar-refractivity contribution in [2.75, 3.05) is 0 Å². The van der Waals surface area contributed by atoms with Crippen LogP contribution in [0.2, 0.25) is 0 Å². The molecule has 0 aliphatic carbocycles. The van der Waals surface area contributed by atoms with Gasteiger partial charge in [-0.3, -0.25) is 0 Å². The Morgan fingerprint density at radius 3 is 1.54 bits per heavy atom. The molecule has 0 unspecified atom stereocenters. The minimum Gasteiger partial charge on any atom is -0.741 e. The number of nitrogens with zero attached hydrogens (tertiary/aromatic N) is 1. The van der Waals surface area contributed by atoms with Gasteiger partial charge in [0.25, 0.3) is 0 Å². The Morgan fingerprint density at radius 1 is 0.885 bits per heavy atom. The van der Waals surface area contributed by atoms with Gasteiger partial charge in [-0.15, -0.1) is 0 Å². The number of hydrogen-bond donors (Lipinski definition) is 0. The maximum atomic E-state index is 10.7. The first-order chi connectivity index (χ1) is 11.8. The summed E-state index contributed by atoms with van der Waals surface area (Å²) in [5.74, 6) is 0. The van der Waals surface area contributed by atoms with E-state index in [1.807, 2.05) is 0 Å². The quantitative estimate of drug-likeness (QED) is 0.256. The Hall–Kier alpha value is -2.19. The average Bonchev–Trinajstić information content (AvgIpc) is 2.51. The van der Waals surface area contributed by atoms with Crippen LogP contribution in [0.5, 0.6) is 0 Å². The first-order valence-corrected chi connectivity index (χ1v) is 9.05. The van der Waals surface area contributed by atoms with Gasteiger partial charge in [-0.25, -0.2) is 8.42 Å². The van der Waals surface area contributed by atoms with Crippen molar-refractivity contribution in [2.24, 2.45) is 7.05 Å². The summed E-state index contributed by atoms with van der Waals surface area (Å²) >= 11 is 0. The first kappa shape index (κ1) is 20.1. The molecule has 0 fully saturated rings. The molecule has 26 heavy (non-hydrogen) atoms. The highest BCUT2D eigenvalue weighted by Gasteiger charge is 2.36. The molecule has 0 bridgehead atoms. The summed E-state index contributed by atoms with van der Waals surface area (Å²) in [6.45, 7) is 6.51. The molecule has 0 saturated heterocycles. The van der Waals surface area contributed by atoms with Crippen LogP contribution in [-0.2, 0) is 17.2 Å². The van der Waals surface area contributed by atoms with Gasteiger partial charge in [0.1, 0.15) is 7.05 Å². The molecule has 0 radical (unpaired) electrons. The Kier molecular flexibility index (Phi) is 5.30. The van der Waals surface area contributed by atoms with Crippen LogP contribution in [0.3, 0.4) is 0 Å². The average molecular weight is 385 g/mol. The molecule has 8 heteroatoms. The van der Waals surface area contributed by atoms with Crippen molar-refractivity contribution < 1.29 is 30.7 Å². The lowest BCUT2D eigenvalue weighted by Gasteiger charge is -2.08. The van der Waals surface area contributed by atoms with Gasteiger partial charge in [0.15, 0.2) is 10.1 Å². The van der Waals surface area contributed by atoms with Gasteiger partial charge >= 0.3 is 5.51 Å². The number of hydrogen-bond acceptors (Lipinski definition) is 3. The SMILES string of the molecule is Cc1ccc2c(C)c3ccc(C)cc3[n+](C)c2c1.O=S(=O)([O-])C(F)(F)F. The van der Waals surface area contributed by atoms with E-state index in [9.17, 15) is 13.2 Å². The van der Waals surface area contributed by atoms with E-state index in [0.29, 0.717) is 0 Å². The summed E-state index contributed by atoms with van der Waals surface area (Å²) in [6, 6.07) is 13.4. The Bertz CT molecular complexity index is 1030. The van der Waals surface area contributed by atoms with Crippen LogP contribution in [0.15, 0.2) is 36.4 Å². The van der Waals surface area contributed by atoms with Crippen molar-refractivity contribution in [3.8, 4) is 0 Å². The third kappa shape index (κ3) is 3.96. The lowest BCUT2D eigenvalue weighted by molar-refractivity contribution is -0.617.